The Morgan fingerprint density at radius 3 is 2.85 bits per heavy atom. The van der Waals surface area contributed by atoms with Gasteiger partial charge in [0.15, 0.2) is 12.2 Å². The van der Waals surface area contributed by atoms with Crippen molar-refractivity contribution in [1.82, 2.24) is 0 Å². The summed E-state index contributed by atoms with van der Waals surface area (Å²) in [6.45, 7) is 0.491. The number of hydrogen-bond donors (Lipinski definition) is 4. The first kappa shape index (κ1) is 25.1. The van der Waals surface area contributed by atoms with E-state index in [4.69, 9.17) is 15.7 Å². The summed E-state index contributed by atoms with van der Waals surface area (Å²) in [4.78, 5) is 39.0. The molecule has 0 aliphatic carbocycles. The van der Waals surface area contributed by atoms with Gasteiger partial charge >= 0.3 is 0 Å². The number of nitriles is 1. The summed E-state index contributed by atoms with van der Waals surface area (Å²) in [6.07, 6.45) is -2.35. The van der Waals surface area contributed by atoms with Gasteiger partial charge in [-0.2, -0.15) is 5.26 Å². The van der Waals surface area contributed by atoms with Crippen LogP contribution in [0.2, 0.25) is 0 Å². The first-order valence-electron chi connectivity index (χ1n) is 10.5. The number of carbonyl (C=O) groups excluding carboxylic acids is 3. The molecule has 0 saturated carbocycles. The normalized spacial score (nSPS) is 18.1. The number of nitrogens with zero attached hydrogens (tertiary/aromatic N) is 2. The lowest BCUT2D eigenvalue weighted by Gasteiger charge is -2.36. The summed E-state index contributed by atoms with van der Waals surface area (Å²) in [5.74, 6) is -1.44. The van der Waals surface area contributed by atoms with Crippen molar-refractivity contribution < 1.29 is 24.2 Å². The summed E-state index contributed by atoms with van der Waals surface area (Å²) in [5, 5.41) is 25.1. The molecule has 0 unspecified atom stereocenters. The lowest BCUT2D eigenvalue weighted by atomic mass is 9.99. The molecule has 2 aromatic carbocycles. The molecule has 2 aromatic rings. The van der Waals surface area contributed by atoms with Crippen LogP contribution >= 0.6 is 12.4 Å². The third kappa shape index (κ3) is 4.88. The smallest absolute Gasteiger partial charge is 0.259 e. The molecule has 11 heteroatoms. The molecular formula is C23H24ClN5O5. The average molecular weight is 486 g/mol. The molecule has 178 valence electrons. The van der Waals surface area contributed by atoms with E-state index in [9.17, 15) is 19.5 Å². The van der Waals surface area contributed by atoms with Gasteiger partial charge in [-0.15, -0.1) is 12.4 Å². The van der Waals surface area contributed by atoms with Gasteiger partial charge in [-0.25, -0.2) is 0 Å². The van der Waals surface area contributed by atoms with Gasteiger partial charge in [0.25, 0.3) is 11.8 Å². The number of nitrogens with one attached hydrogen (secondary N) is 2. The molecule has 2 aliphatic rings. The van der Waals surface area contributed by atoms with E-state index in [0.29, 0.717) is 41.0 Å². The largest absolute Gasteiger partial charge is 0.380 e. The Balaban J connectivity index is 0.00000324. The third-order valence-corrected chi connectivity index (χ3v) is 5.71. The van der Waals surface area contributed by atoms with E-state index in [1.165, 1.54) is 17.0 Å². The van der Waals surface area contributed by atoms with Gasteiger partial charge in [-0.1, -0.05) is 6.07 Å². The number of morpholine rings is 1. The zero-order chi connectivity index (χ0) is 23.5. The molecule has 0 bridgehead atoms. The van der Waals surface area contributed by atoms with Crippen LogP contribution in [-0.2, 0) is 32.1 Å². The van der Waals surface area contributed by atoms with Crippen molar-refractivity contribution in [3.8, 4) is 6.07 Å². The van der Waals surface area contributed by atoms with Crippen LogP contribution in [-0.4, -0.2) is 48.2 Å². The van der Waals surface area contributed by atoms with Crippen LogP contribution in [0.3, 0.4) is 0 Å². The fourth-order valence-electron chi connectivity index (χ4n) is 4.03. The van der Waals surface area contributed by atoms with E-state index < -0.39 is 24.0 Å². The Morgan fingerprint density at radius 1 is 1.32 bits per heavy atom. The number of amides is 3. The second kappa shape index (κ2) is 10.6. The van der Waals surface area contributed by atoms with Gasteiger partial charge in [-0.3, -0.25) is 14.4 Å². The fourth-order valence-corrected chi connectivity index (χ4v) is 4.03. The average Bonchev–Trinajstić information content (AvgIpc) is 2.83. The molecular weight excluding hydrogens is 462 g/mol. The highest BCUT2D eigenvalue weighted by atomic mass is 35.5. The quantitative estimate of drug-likeness (QED) is 0.492. The number of aliphatic hydroxyl groups is 1. The van der Waals surface area contributed by atoms with E-state index in [1.54, 1.807) is 24.3 Å². The lowest BCUT2D eigenvalue weighted by molar-refractivity contribution is -0.150. The first-order valence-corrected chi connectivity index (χ1v) is 10.5. The summed E-state index contributed by atoms with van der Waals surface area (Å²) < 4.78 is 5.47. The minimum atomic E-state index is -1.75. The molecule has 0 aromatic heterocycles. The Kier molecular flexibility index (Phi) is 7.86. The number of hydrogen-bond acceptors (Lipinski definition) is 7. The maximum atomic E-state index is 13.2. The van der Waals surface area contributed by atoms with E-state index in [1.807, 2.05) is 6.07 Å². The van der Waals surface area contributed by atoms with Crippen molar-refractivity contribution in [3.05, 3.63) is 53.1 Å². The third-order valence-electron chi connectivity index (χ3n) is 5.71. The Morgan fingerprint density at radius 2 is 2.12 bits per heavy atom. The Labute approximate surface area is 202 Å². The van der Waals surface area contributed by atoms with Gasteiger partial charge in [0.2, 0.25) is 5.91 Å². The molecule has 10 nitrogen and oxygen atoms in total. The fraction of sp³-hybridized carbons (Fsp3) is 0.304. The molecule has 5 N–H and O–H groups in total. The topological polar surface area (TPSA) is 158 Å². The van der Waals surface area contributed by atoms with E-state index in [2.05, 4.69) is 10.6 Å². The Bertz CT molecular complexity index is 1160. The number of carbonyl (C=O) groups is 3. The van der Waals surface area contributed by atoms with E-state index >= 15 is 0 Å². The Hall–Kier alpha value is -3.49. The van der Waals surface area contributed by atoms with E-state index in [-0.39, 0.29) is 38.0 Å². The highest BCUT2D eigenvalue weighted by Crippen LogP contribution is 2.33. The number of rotatable bonds is 5. The van der Waals surface area contributed by atoms with Crippen LogP contribution in [0.5, 0.6) is 0 Å². The van der Waals surface area contributed by atoms with Crippen LogP contribution in [0.15, 0.2) is 36.4 Å². The number of ether oxygens (including phenoxy) is 1. The summed E-state index contributed by atoms with van der Waals surface area (Å²) in [6, 6.07) is 11.9. The predicted molar refractivity (Wildman–Crippen MR) is 126 cm³/mol. The van der Waals surface area contributed by atoms with Crippen molar-refractivity contribution in [2.24, 2.45) is 5.73 Å². The van der Waals surface area contributed by atoms with Gasteiger partial charge in [0, 0.05) is 36.6 Å². The number of halogens is 1. The number of benzene rings is 2. The van der Waals surface area contributed by atoms with Crippen LogP contribution < -0.4 is 21.3 Å². The van der Waals surface area contributed by atoms with Crippen molar-refractivity contribution in [3.63, 3.8) is 0 Å². The summed E-state index contributed by atoms with van der Waals surface area (Å²) in [5.41, 5.74) is 9.01. The van der Waals surface area contributed by atoms with Gasteiger partial charge < -0.3 is 31.1 Å². The van der Waals surface area contributed by atoms with Gasteiger partial charge in [-0.05, 0) is 47.9 Å². The van der Waals surface area contributed by atoms with Crippen molar-refractivity contribution >= 4 is 47.2 Å². The van der Waals surface area contributed by atoms with Crippen LogP contribution in [0.25, 0.3) is 0 Å². The molecule has 4 rings (SSSR count). The van der Waals surface area contributed by atoms with Crippen molar-refractivity contribution in [2.45, 2.75) is 31.6 Å². The van der Waals surface area contributed by atoms with Gasteiger partial charge in [0.1, 0.15) is 0 Å². The standard InChI is InChI=1S/C23H23N5O5.ClH/c24-11-13-4-5-15(10-14(13)12-25)26-22(31)20(30)21-23(32)28(8-9-33-21)18-3-1-2-17-16(18)6-7-19(29)27-17;/h1-5,10,20-21,30H,6-9,12,25H2,(H,26,31)(H,27,29);1H/t20-,21-;/m1./s1. The molecule has 2 heterocycles. The minimum Gasteiger partial charge on any atom is -0.380 e. The predicted octanol–water partition coefficient (Wildman–Crippen LogP) is 1.05. The second-order valence-corrected chi connectivity index (χ2v) is 7.75. The van der Waals surface area contributed by atoms with Gasteiger partial charge in [0.05, 0.1) is 18.2 Å². The van der Waals surface area contributed by atoms with Crippen LogP contribution in [0.4, 0.5) is 17.1 Å². The molecule has 2 aliphatic heterocycles. The number of aliphatic hydroxyl groups excluding tert-OH is 1. The molecule has 3 amide bonds. The monoisotopic (exact) mass is 485 g/mol. The zero-order valence-electron chi connectivity index (χ0n) is 18.1. The molecule has 1 saturated heterocycles. The highest BCUT2D eigenvalue weighted by Gasteiger charge is 2.40. The maximum absolute atomic E-state index is 13.2. The maximum Gasteiger partial charge on any atom is 0.259 e. The number of fused-ring (bicyclic) bond motifs is 1. The summed E-state index contributed by atoms with van der Waals surface area (Å²) in [7, 11) is 0. The summed E-state index contributed by atoms with van der Waals surface area (Å²) >= 11 is 0. The van der Waals surface area contributed by atoms with Crippen LogP contribution in [0, 0.1) is 11.3 Å². The molecule has 1 fully saturated rings. The second-order valence-electron chi connectivity index (χ2n) is 7.75. The lowest BCUT2D eigenvalue weighted by Crippen LogP contribution is -2.55. The molecule has 34 heavy (non-hydrogen) atoms. The SMILES string of the molecule is Cl.N#Cc1ccc(NC(=O)[C@H](O)[C@H]2OCCN(c3cccc4c3CCC(=O)N4)C2=O)cc1CN. The van der Waals surface area contributed by atoms with Crippen LogP contribution in [0.1, 0.15) is 23.1 Å². The van der Waals surface area contributed by atoms with Crippen molar-refractivity contribution in [2.75, 3.05) is 28.7 Å². The van der Waals surface area contributed by atoms with Crippen molar-refractivity contribution in [1.29, 1.82) is 5.26 Å². The zero-order valence-corrected chi connectivity index (χ0v) is 18.9. The van der Waals surface area contributed by atoms with E-state index in [0.717, 1.165) is 5.56 Å². The molecule has 2 atom stereocenters. The molecule has 0 radical (unpaired) electrons. The minimum absolute atomic E-state index is 0. The number of anilines is 3. The first-order chi connectivity index (χ1) is 15.9. The number of nitrogens with two attached hydrogens (primary N) is 1. The highest BCUT2D eigenvalue weighted by molar-refractivity contribution is 6.05. The molecule has 0 spiro atoms.